The van der Waals surface area contributed by atoms with Gasteiger partial charge in [0.15, 0.2) is 0 Å². The van der Waals surface area contributed by atoms with Crippen LogP contribution in [0.2, 0.25) is 0 Å². The lowest BCUT2D eigenvalue weighted by molar-refractivity contribution is -0.117. The van der Waals surface area contributed by atoms with Crippen molar-refractivity contribution in [3.8, 4) is 5.75 Å². The van der Waals surface area contributed by atoms with E-state index in [9.17, 15) is 4.79 Å². The summed E-state index contributed by atoms with van der Waals surface area (Å²) in [6.45, 7) is 2.09. The molecule has 2 rings (SSSR count). The maximum atomic E-state index is 11.7. The van der Waals surface area contributed by atoms with Crippen molar-refractivity contribution in [2.75, 3.05) is 12.4 Å². The molecule has 80 valence electrons. The highest BCUT2D eigenvalue weighted by atomic mass is 16.5. The standard InChI is InChI=1S/C12H15NO2/c1-3-5-9-8-6-4-7-10(15-2)11(8)13-12(9)14/h4,6-7,9H,3,5H2,1-2H3,(H,13,14). The number of benzene rings is 1. The van der Waals surface area contributed by atoms with Crippen molar-refractivity contribution >= 4 is 11.6 Å². The Labute approximate surface area is 89.4 Å². The smallest absolute Gasteiger partial charge is 0.232 e. The number of para-hydroxylation sites is 1. The second-order valence-corrected chi connectivity index (χ2v) is 3.76. The van der Waals surface area contributed by atoms with Gasteiger partial charge in [0.1, 0.15) is 5.75 Å². The van der Waals surface area contributed by atoms with Crippen molar-refractivity contribution in [2.24, 2.45) is 0 Å². The number of anilines is 1. The molecule has 0 aliphatic carbocycles. The molecule has 1 heterocycles. The van der Waals surface area contributed by atoms with Gasteiger partial charge in [-0.15, -0.1) is 0 Å². The van der Waals surface area contributed by atoms with Crippen LogP contribution in [0.3, 0.4) is 0 Å². The average Bonchev–Trinajstić information content (AvgIpc) is 2.56. The van der Waals surface area contributed by atoms with E-state index in [1.165, 1.54) is 0 Å². The number of fused-ring (bicyclic) bond motifs is 1. The average molecular weight is 205 g/mol. The van der Waals surface area contributed by atoms with Gasteiger partial charge in [-0.25, -0.2) is 0 Å². The Morgan fingerprint density at radius 3 is 2.93 bits per heavy atom. The van der Waals surface area contributed by atoms with Gasteiger partial charge in [-0.3, -0.25) is 4.79 Å². The largest absolute Gasteiger partial charge is 0.495 e. The van der Waals surface area contributed by atoms with E-state index in [-0.39, 0.29) is 11.8 Å². The number of amides is 1. The molecule has 0 spiro atoms. The summed E-state index contributed by atoms with van der Waals surface area (Å²) in [5, 5.41) is 2.89. The third-order valence-electron chi connectivity index (χ3n) is 2.80. The molecular weight excluding hydrogens is 190 g/mol. The minimum Gasteiger partial charge on any atom is -0.495 e. The Hall–Kier alpha value is -1.51. The first-order chi connectivity index (χ1) is 7.27. The highest BCUT2D eigenvalue weighted by molar-refractivity contribution is 6.04. The fourth-order valence-electron chi connectivity index (χ4n) is 2.07. The number of hydrogen-bond acceptors (Lipinski definition) is 2. The maximum Gasteiger partial charge on any atom is 0.232 e. The lowest BCUT2D eigenvalue weighted by atomic mass is 9.96. The fraction of sp³-hybridized carbons (Fsp3) is 0.417. The molecule has 0 fully saturated rings. The minimum absolute atomic E-state index is 0.0000926. The van der Waals surface area contributed by atoms with Crippen LogP contribution in [0.5, 0.6) is 5.75 Å². The van der Waals surface area contributed by atoms with E-state index in [1.807, 2.05) is 18.2 Å². The van der Waals surface area contributed by atoms with E-state index >= 15 is 0 Å². The van der Waals surface area contributed by atoms with E-state index in [0.717, 1.165) is 29.8 Å². The first-order valence-corrected chi connectivity index (χ1v) is 5.25. The van der Waals surface area contributed by atoms with Crippen LogP contribution in [0.4, 0.5) is 5.69 Å². The normalized spacial score (nSPS) is 18.5. The molecule has 1 amide bonds. The lowest BCUT2D eigenvalue weighted by Crippen LogP contribution is -2.11. The van der Waals surface area contributed by atoms with Crippen LogP contribution < -0.4 is 10.1 Å². The molecule has 1 aliphatic rings. The highest BCUT2D eigenvalue weighted by Gasteiger charge is 2.31. The molecule has 0 saturated heterocycles. The monoisotopic (exact) mass is 205 g/mol. The Bertz CT molecular complexity index is 387. The molecule has 1 unspecified atom stereocenters. The zero-order valence-corrected chi connectivity index (χ0v) is 9.04. The summed E-state index contributed by atoms with van der Waals surface area (Å²) in [5.74, 6) is 0.843. The molecule has 3 heteroatoms. The number of carbonyl (C=O) groups excluding carboxylic acids is 1. The zero-order chi connectivity index (χ0) is 10.8. The van der Waals surface area contributed by atoms with E-state index in [0.29, 0.717) is 0 Å². The molecule has 0 aromatic heterocycles. The van der Waals surface area contributed by atoms with Crippen LogP contribution in [-0.4, -0.2) is 13.0 Å². The number of methoxy groups -OCH3 is 1. The van der Waals surface area contributed by atoms with Gasteiger partial charge < -0.3 is 10.1 Å². The topological polar surface area (TPSA) is 38.3 Å². The summed E-state index contributed by atoms with van der Waals surface area (Å²) in [4.78, 5) is 11.7. The van der Waals surface area contributed by atoms with Gasteiger partial charge in [0, 0.05) is 0 Å². The van der Waals surface area contributed by atoms with Crippen LogP contribution in [-0.2, 0) is 4.79 Å². The SMILES string of the molecule is CCCC1C(=O)Nc2c(OC)cccc21. The molecule has 0 saturated carbocycles. The van der Waals surface area contributed by atoms with Crippen molar-refractivity contribution in [2.45, 2.75) is 25.7 Å². The molecular formula is C12H15NO2. The predicted molar refractivity (Wildman–Crippen MR) is 59.3 cm³/mol. The van der Waals surface area contributed by atoms with E-state index < -0.39 is 0 Å². The Morgan fingerprint density at radius 1 is 1.47 bits per heavy atom. The van der Waals surface area contributed by atoms with Gasteiger partial charge >= 0.3 is 0 Å². The third-order valence-corrected chi connectivity index (χ3v) is 2.80. The van der Waals surface area contributed by atoms with Crippen LogP contribution in [0.25, 0.3) is 0 Å². The van der Waals surface area contributed by atoms with Crippen LogP contribution >= 0.6 is 0 Å². The van der Waals surface area contributed by atoms with Crippen molar-refractivity contribution in [1.29, 1.82) is 0 Å². The van der Waals surface area contributed by atoms with Crippen LogP contribution in [0, 0.1) is 0 Å². The summed E-state index contributed by atoms with van der Waals surface area (Å²) in [6.07, 6.45) is 1.90. The molecule has 0 radical (unpaired) electrons. The highest BCUT2D eigenvalue weighted by Crippen LogP contribution is 2.40. The lowest BCUT2D eigenvalue weighted by Gasteiger charge is -2.07. The fourth-order valence-corrected chi connectivity index (χ4v) is 2.07. The number of nitrogens with one attached hydrogen (secondary N) is 1. The second kappa shape index (κ2) is 3.93. The van der Waals surface area contributed by atoms with Crippen molar-refractivity contribution in [3.63, 3.8) is 0 Å². The first kappa shape index (κ1) is 10.0. The van der Waals surface area contributed by atoms with Crippen molar-refractivity contribution in [3.05, 3.63) is 23.8 Å². The minimum atomic E-state index is 0.0000926. The van der Waals surface area contributed by atoms with Gasteiger partial charge in [-0.1, -0.05) is 25.5 Å². The van der Waals surface area contributed by atoms with E-state index in [2.05, 4.69) is 12.2 Å². The van der Waals surface area contributed by atoms with Gasteiger partial charge in [0.05, 0.1) is 18.7 Å². The predicted octanol–water partition coefficient (Wildman–Crippen LogP) is 2.53. The zero-order valence-electron chi connectivity index (χ0n) is 9.04. The van der Waals surface area contributed by atoms with Gasteiger partial charge in [0.2, 0.25) is 5.91 Å². The summed E-state index contributed by atoms with van der Waals surface area (Å²) in [5.41, 5.74) is 1.92. The number of hydrogen-bond donors (Lipinski definition) is 1. The Morgan fingerprint density at radius 2 is 2.27 bits per heavy atom. The quantitative estimate of drug-likeness (QED) is 0.823. The summed E-state index contributed by atoms with van der Waals surface area (Å²) in [7, 11) is 1.62. The third kappa shape index (κ3) is 1.58. The Kier molecular flexibility index (Phi) is 2.62. The molecule has 15 heavy (non-hydrogen) atoms. The molecule has 1 atom stereocenters. The van der Waals surface area contributed by atoms with Crippen molar-refractivity contribution in [1.82, 2.24) is 0 Å². The molecule has 1 N–H and O–H groups in total. The molecule has 1 aromatic rings. The van der Waals surface area contributed by atoms with Crippen LogP contribution in [0.1, 0.15) is 31.2 Å². The maximum absolute atomic E-state index is 11.7. The Balaban J connectivity index is 2.41. The molecule has 1 aliphatic heterocycles. The van der Waals surface area contributed by atoms with E-state index in [1.54, 1.807) is 7.11 Å². The van der Waals surface area contributed by atoms with Crippen molar-refractivity contribution < 1.29 is 9.53 Å². The van der Waals surface area contributed by atoms with Gasteiger partial charge in [0.25, 0.3) is 0 Å². The molecule has 1 aromatic carbocycles. The summed E-state index contributed by atoms with van der Waals surface area (Å²) < 4.78 is 5.22. The number of carbonyl (C=O) groups is 1. The molecule has 0 bridgehead atoms. The van der Waals surface area contributed by atoms with Gasteiger partial charge in [-0.2, -0.15) is 0 Å². The second-order valence-electron chi connectivity index (χ2n) is 3.76. The number of ether oxygens (including phenoxy) is 1. The van der Waals surface area contributed by atoms with Crippen LogP contribution in [0.15, 0.2) is 18.2 Å². The number of rotatable bonds is 3. The van der Waals surface area contributed by atoms with E-state index in [4.69, 9.17) is 4.74 Å². The summed E-state index contributed by atoms with van der Waals surface area (Å²) >= 11 is 0. The summed E-state index contributed by atoms with van der Waals surface area (Å²) in [6, 6.07) is 5.80. The first-order valence-electron chi connectivity index (χ1n) is 5.25. The van der Waals surface area contributed by atoms with Gasteiger partial charge in [-0.05, 0) is 18.1 Å². The molecule has 3 nitrogen and oxygen atoms in total.